The van der Waals surface area contributed by atoms with E-state index >= 15 is 0 Å². The van der Waals surface area contributed by atoms with Crippen molar-refractivity contribution in [1.82, 2.24) is 25.8 Å². The van der Waals surface area contributed by atoms with E-state index in [1.165, 1.54) is 0 Å². The van der Waals surface area contributed by atoms with E-state index in [4.69, 9.17) is 9.47 Å². The summed E-state index contributed by atoms with van der Waals surface area (Å²) in [4.78, 5) is 8.70. The van der Waals surface area contributed by atoms with Crippen molar-refractivity contribution < 1.29 is 9.47 Å². The third kappa shape index (κ3) is 6.93. The minimum Gasteiger partial charge on any atom is -0.497 e. The molecule has 3 rings (SSSR count). The minimum atomic E-state index is 0. The van der Waals surface area contributed by atoms with E-state index in [2.05, 4.69) is 30.8 Å². The molecule has 29 heavy (non-hydrogen) atoms. The van der Waals surface area contributed by atoms with Crippen LogP contribution in [-0.4, -0.2) is 48.5 Å². The highest BCUT2D eigenvalue weighted by atomic mass is 127. The molecule has 0 aliphatic carbocycles. The van der Waals surface area contributed by atoms with Crippen LogP contribution in [0.25, 0.3) is 11.4 Å². The lowest BCUT2D eigenvalue weighted by atomic mass is 10.2. The highest BCUT2D eigenvalue weighted by Crippen LogP contribution is 2.18. The maximum absolute atomic E-state index is 5.65. The fourth-order valence-corrected chi connectivity index (χ4v) is 2.49. The lowest BCUT2D eigenvalue weighted by Gasteiger charge is -2.11. The Labute approximate surface area is 187 Å². The fraction of sp³-hybridized carbons (Fsp3) is 0.250. The molecule has 0 radical (unpaired) electrons. The molecule has 0 saturated carbocycles. The molecule has 0 amide bonds. The first kappa shape index (κ1) is 22.5. The number of H-pyrrole nitrogens is 1. The number of halogens is 1. The average molecular weight is 508 g/mol. The minimum absolute atomic E-state index is 0. The Balaban J connectivity index is 0.00000300. The molecule has 0 fully saturated rings. The molecule has 0 saturated heterocycles. The maximum Gasteiger partial charge on any atom is 0.191 e. The van der Waals surface area contributed by atoms with Crippen molar-refractivity contribution in [3.63, 3.8) is 0 Å². The summed E-state index contributed by atoms with van der Waals surface area (Å²) in [5.74, 6) is 3.67. The van der Waals surface area contributed by atoms with Gasteiger partial charge >= 0.3 is 0 Å². The van der Waals surface area contributed by atoms with Crippen LogP contribution in [0.2, 0.25) is 0 Å². The Kier molecular flexibility index (Phi) is 9.22. The van der Waals surface area contributed by atoms with E-state index < -0.39 is 0 Å². The Bertz CT molecular complexity index is 884. The normalized spacial score (nSPS) is 10.8. The van der Waals surface area contributed by atoms with E-state index in [1.807, 2.05) is 54.6 Å². The average Bonchev–Trinajstić information content (AvgIpc) is 3.23. The largest absolute Gasteiger partial charge is 0.497 e. The zero-order valence-electron chi connectivity index (χ0n) is 16.4. The third-order valence-electron chi connectivity index (χ3n) is 3.93. The number of hydrogen-bond donors (Lipinski definition) is 3. The van der Waals surface area contributed by atoms with Crippen LogP contribution >= 0.6 is 24.0 Å². The number of ether oxygens (including phenoxy) is 2. The Morgan fingerprint density at radius 3 is 2.48 bits per heavy atom. The van der Waals surface area contributed by atoms with Gasteiger partial charge in [0, 0.05) is 12.6 Å². The van der Waals surface area contributed by atoms with Crippen molar-refractivity contribution >= 4 is 29.9 Å². The van der Waals surface area contributed by atoms with Gasteiger partial charge in [-0.2, -0.15) is 5.10 Å². The first-order chi connectivity index (χ1) is 13.8. The molecule has 0 aliphatic rings. The molecule has 154 valence electrons. The first-order valence-electron chi connectivity index (χ1n) is 8.96. The summed E-state index contributed by atoms with van der Waals surface area (Å²) in [5.41, 5.74) is 0.920. The van der Waals surface area contributed by atoms with Gasteiger partial charge in [-0.3, -0.25) is 10.1 Å². The molecule has 0 atom stereocenters. The highest BCUT2D eigenvalue weighted by Gasteiger charge is 2.07. The molecular formula is C20H25IN6O2. The maximum atomic E-state index is 5.65. The second-order valence-corrected chi connectivity index (χ2v) is 5.85. The van der Waals surface area contributed by atoms with Crippen LogP contribution in [-0.2, 0) is 6.54 Å². The van der Waals surface area contributed by atoms with Crippen molar-refractivity contribution in [2.75, 3.05) is 27.3 Å². The lowest BCUT2D eigenvalue weighted by Crippen LogP contribution is -2.39. The van der Waals surface area contributed by atoms with Crippen molar-refractivity contribution in [2.45, 2.75) is 6.54 Å². The number of aromatic nitrogens is 3. The van der Waals surface area contributed by atoms with E-state index in [0.717, 1.165) is 17.1 Å². The van der Waals surface area contributed by atoms with Gasteiger partial charge in [0.25, 0.3) is 0 Å². The van der Waals surface area contributed by atoms with Crippen LogP contribution < -0.4 is 20.1 Å². The zero-order chi connectivity index (χ0) is 19.6. The summed E-state index contributed by atoms with van der Waals surface area (Å²) >= 11 is 0. The molecule has 0 bridgehead atoms. The number of nitrogens with zero attached hydrogens (tertiary/aromatic N) is 3. The number of guanidine groups is 1. The van der Waals surface area contributed by atoms with Gasteiger partial charge in [0.2, 0.25) is 0 Å². The van der Waals surface area contributed by atoms with Gasteiger partial charge in [-0.15, -0.1) is 24.0 Å². The lowest BCUT2D eigenvalue weighted by molar-refractivity contribution is 0.322. The van der Waals surface area contributed by atoms with Crippen LogP contribution in [0.3, 0.4) is 0 Å². The number of aliphatic imine (C=N–C) groups is 1. The standard InChI is InChI=1S/C20H24N6O2.HI/c1-21-20(22-12-13-28-17-6-4-3-5-7-17)23-14-18-24-19(26-25-18)15-8-10-16(27-2)11-9-15;/h3-11H,12-14H2,1-2H3,(H2,21,22,23)(H,24,25,26);1H. The summed E-state index contributed by atoms with van der Waals surface area (Å²) < 4.78 is 10.8. The second-order valence-electron chi connectivity index (χ2n) is 5.85. The van der Waals surface area contributed by atoms with E-state index in [9.17, 15) is 0 Å². The number of methoxy groups -OCH3 is 1. The SMILES string of the molecule is CN=C(NCCOc1ccccc1)NCc1nc(-c2ccc(OC)cc2)n[nH]1.I. The van der Waals surface area contributed by atoms with Gasteiger partial charge in [-0.1, -0.05) is 18.2 Å². The number of nitrogens with one attached hydrogen (secondary N) is 3. The summed E-state index contributed by atoms with van der Waals surface area (Å²) in [6.07, 6.45) is 0. The zero-order valence-corrected chi connectivity index (χ0v) is 18.7. The van der Waals surface area contributed by atoms with E-state index in [-0.39, 0.29) is 24.0 Å². The molecule has 1 heterocycles. The molecule has 1 aromatic heterocycles. The van der Waals surface area contributed by atoms with Crippen molar-refractivity contribution in [3.05, 3.63) is 60.4 Å². The summed E-state index contributed by atoms with van der Waals surface area (Å²) in [5, 5.41) is 13.6. The molecular weight excluding hydrogens is 483 g/mol. The number of rotatable bonds is 8. The van der Waals surface area contributed by atoms with E-state index in [1.54, 1.807) is 14.2 Å². The highest BCUT2D eigenvalue weighted by molar-refractivity contribution is 14.0. The quantitative estimate of drug-likeness (QED) is 0.188. The monoisotopic (exact) mass is 508 g/mol. The van der Waals surface area contributed by atoms with Crippen LogP contribution in [0.1, 0.15) is 5.82 Å². The van der Waals surface area contributed by atoms with Crippen LogP contribution in [0.4, 0.5) is 0 Å². The third-order valence-corrected chi connectivity index (χ3v) is 3.93. The second kappa shape index (κ2) is 11.9. The molecule has 0 spiro atoms. The molecule has 8 nitrogen and oxygen atoms in total. The summed E-state index contributed by atoms with van der Waals surface area (Å²) in [6, 6.07) is 17.3. The number of aromatic amines is 1. The number of hydrogen-bond acceptors (Lipinski definition) is 5. The predicted octanol–water partition coefficient (Wildman–Crippen LogP) is 2.84. The fourth-order valence-electron chi connectivity index (χ4n) is 2.49. The Morgan fingerprint density at radius 2 is 1.79 bits per heavy atom. The van der Waals surface area contributed by atoms with Crippen molar-refractivity contribution in [3.8, 4) is 22.9 Å². The smallest absolute Gasteiger partial charge is 0.191 e. The molecule has 9 heteroatoms. The Morgan fingerprint density at radius 1 is 1.03 bits per heavy atom. The molecule has 0 unspecified atom stereocenters. The van der Waals surface area contributed by atoms with Gasteiger partial charge in [0.05, 0.1) is 20.2 Å². The van der Waals surface area contributed by atoms with E-state index in [0.29, 0.717) is 37.3 Å². The van der Waals surface area contributed by atoms with Gasteiger partial charge in [-0.05, 0) is 36.4 Å². The summed E-state index contributed by atoms with van der Waals surface area (Å²) in [7, 11) is 3.36. The molecule has 0 aliphatic heterocycles. The summed E-state index contributed by atoms with van der Waals surface area (Å²) in [6.45, 7) is 1.64. The first-order valence-corrected chi connectivity index (χ1v) is 8.96. The molecule has 3 N–H and O–H groups in total. The topological polar surface area (TPSA) is 96.5 Å². The predicted molar refractivity (Wildman–Crippen MR) is 124 cm³/mol. The van der Waals surface area contributed by atoms with Crippen molar-refractivity contribution in [1.29, 1.82) is 0 Å². The number of benzene rings is 2. The van der Waals surface area contributed by atoms with Gasteiger partial charge in [0.1, 0.15) is 23.9 Å². The van der Waals surface area contributed by atoms with Gasteiger partial charge in [0.15, 0.2) is 11.8 Å². The van der Waals surface area contributed by atoms with Crippen LogP contribution in [0.5, 0.6) is 11.5 Å². The van der Waals surface area contributed by atoms with Crippen molar-refractivity contribution in [2.24, 2.45) is 4.99 Å². The van der Waals surface area contributed by atoms with Gasteiger partial charge < -0.3 is 20.1 Å². The van der Waals surface area contributed by atoms with Gasteiger partial charge in [-0.25, -0.2) is 4.98 Å². The Hall–Kier alpha value is -2.82. The molecule has 3 aromatic rings. The van der Waals surface area contributed by atoms with Crippen LogP contribution in [0, 0.1) is 0 Å². The molecule has 2 aromatic carbocycles. The van der Waals surface area contributed by atoms with Crippen LogP contribution in [0.15, 0.2) is 59.6 Å². The number of para-hydroxylation sites is 1.